The number of ether oxygens (including phenoxy) is 3. The number of tetrazole rings is 1. The quantitative estimate of drug-likeness (QED) is 0.673. The van der Waals surface area contributed by atoms with E-state index < -0.39 is 12.4 Å². The second kappa shape index (κ2) is 10.3. The van der Waals surface area contributed by atoms with Crippen molar-refractivity contribution >= 4 is 6.16 Å². The van der Waals surface area contributed by atoms with Crippen molar-refractivity contribution in [2.24, 2.45) is 0 Å². The first-order valence-corrected chi connectivity index (χ1v) is 9.04. The van der Waals surface area contributed by atoms with Crippen molar-refractivity contribution in [2.45, 2.75) is 77.8 Å². The van der Waals surface area contributed by atoms with Crippen molar-refractivity contribution in [1.82, 2.24) is 25.5 Å². The molecule has 0 bridgehead atoms. The molecule has 1 saturated carbocycles. The van der Waals surface area contributed by atoms with Gasteiger partial charge in [0.2, 0.25) is 12.1 Å². The van der Waals surface area contributed by atoms with E-state index in [1.165, 1.54) is 36.9 Å². The molecule has 142 valence electrons. The van der Waals surface area contributed by atoms with Crippen LogP contribution in [0.4, 0.5) is 4.79 Å². The summed E-state index contributed by atoms with van der Waals surface area (Å²) < 4.78 is 15.4. The first kappa shape index (κ1) is 19.6. The fourth-order valence-corrected chi connectivity index (χ4v) is 2.85. The standard InChI is InChI=1S/C16H29N5O4/c1-4-24-16(22)25-13(3)21-19-15(18-20-21)11-23-10-12(2)17-14-8-6-5-7-9-14/h12-14,17H,4-11H2,1-3H3/t12-,13-/m0/s1. The van der Waals surface area contributed by atoms with E-state index in [2.05, 4.69) is 27.7 Å². The Morgan fingerprint density at radius 2 is 2.08 bits per heavy atom. The largest absolute Gasteiger partial charge is 0.510 e. The van der Waals surface area contributed by atoms with Gasteiger partial charge in [-0.1, -0.05) is 19.3 Å². The van der Waals surface area contributed by atoms with Gasteiger partial charge in [-0.3, -0.25) is 0 Å². The third-order valence-corrected chi connectivity index (χ3v) is 4.05. The van der Waals surface area contributed by atoms with Gasteiger partial charge in [-0.25, -0.2) is 4.79 Å². The topological polar surface area (TPSA) is 100 Å². The van der Waals surface area contributed by atoms with Crippen LogP contribution in [0, 0.1) is 0 Å². The Morgan fingerprint density at radius 1 is 1.32 bits per heavy atom. The summed E-state index contributed by atoms with van der Waals surface area (Å²) in [4.78, 5) is 12.5. The Hall–Kier alpha value is -1.74. The number of carbonyl (C=O) groups is 1. The molecule has 0 amide bonds. The van der Waals surface area contributed by atoms with Crippen LogP contribution in [0.2, 0.25) is 0 Å². The summed E-state index contributed by atoms with van der Waals surface area (Å²) in [6.45, 7) is 6.57. The first-order valence-electron chi connectivity index (χ1n) is 9.04. The number of nitrogens with zero attached hydrogens (tertiary/aromatic N) is 4. The maximum Gasteiger partial charge on any atom is 0.510 e. The lowest BCUT2D eigenvalue weighted by molar-refractivity contribution is -0.00551. The lowest BCUT2D eigenvalue weighted by Crippen LogP contribution is -2.40. The van der Waals surface area contributed by atoms with E-state index in [1.54, 1.807) is 13.8 Å². The number of nitrogens with one attached hydrogen (secondary N) is 1. The Labute approximate surface area is 148 Å². The number of aromatic nitrogens is 4. The molecule has 1 N–H and O–H groups in total. The number of rotatable bonds is 9. The molecule has 0 aromatic carbocycles. The zero-order valence-corrected chi connectivity index (χ0v) is 15.3. The fraction of sp³-hybridized carbons (Fsp3) is 0.875. The summed E-state index contributed by atoms with van der Waals surface area (Å²) in [5.74, 6) is 0.448. The Bertz CT molecular complexity index is 518. The summed E-state index contributed by atoms with van der Waals surface area (Å²) in [5, 5.41) is 15.5. The van der Waals surface area contributed by atoms with Gasteiger partial charge in [0.25, 0.3) is 0 Å². The zero-order valence-electron chi connectivity index (χ0n) is 15.3. The van der Waals surface area contributed by atoms with Gasteiger partial charge < -0.3 is 19.5 Å². The molecule has 9 nitrogen and oxygen atoms in total. The highest BCUT2D eigenvalue weighted by Gasteiger charge is 2.17. The summed E-state index contributed by atoms with van der Waals surface area (Å²) >= 11 is 0. The average molecular weight is 355 g/mol. The van der Waals surface area contributed by atoms with Crippen LogP contribution in [0.3, 0.4) is 0 Å². The predicted molar refractivity (Wildman–Crippen MR) is 89.8 cm³/mol. The first-order chi connectivity index (χ1) is 12.1. The van der Waals surface area contributed by atoms with Crippen molar-refractivity contribution in [1.29, 1.82) is 0 Å². The third-order valence-electron chi connectivity index (χ3n) is 4.05. The normalized spacial score (nSPS) is 17.9. The molecule has 0 aliphatic heterocycles. The second-order valence-electron chi connectivity index (χ2n) is 6.34. The van der Waals surface area contributed by atoms with Crippen molar-refractivity contribution in [3.05, 3.63) is 5.82 Å². The second-order valence-corrected chi connectivity index (χ2v) is 6.34. The van der Waals surface area contributed by atoms with E-state index in [0.717, 1.165) is 0 Å². The van der Waals surface area contributed by atoms with Crippen LogP contribution in [-0.2, 0) is 20.8 Å². The van der Waals surface area contributed by atoms with Crippen LogP contribution < -0.4 is 5.32 Å². The van der Waals surface area contributed by atoms with Crippen LogP contribution in [-0.4, -0.2) is 51.7 Å². The molecule has 1 aromatic rings. The Morgan fingerprint density at radius 3 is 2.80 bits per heavy atom. The summed E-state index contributed by atoms with van der Waals surface area (Å²) in [7, 11) is 0. The van der Waals surface area contributed by atoms with Gasteiger partial charge >= 0.3 is 6.16 Å². The minimum absolute atomic E-state index is 0.252. The molecular formula is C16H29N5O4. The van der Waals surface area contributed by atoms with Crippen LogP contribution in [0.25, 0.3) is 0 Å². The highest BCUT2D eigenvalue weighted by atomic mass is 16.7. The molecule has 1 fully saturated rings. The summed E-state index contributed by atoms with van der Waals surface area (Å²) in [6.07, 6.45) is 5.02. The van der Waals surface area contributed by atoms with Crippen molar-refractivity contribution in [2.75, 3.05) is 13.2 Å². The average Bonchev–Trinajstić information content (AvgIpc) is 3.05. The van der Waals surface area contributed by atoms with Crippen LogP contribution in [0.5, 0.6) is 0 Å². The molecule has 2 atom stereocenters. The monoisotopic (exact) mass is 355 g/mol. The fourth-order valence-electron chi connectivity index (χ4n) is 2.85. The van der Waals surface area contributed by atoms with Gasteiger partial charge in [-0.15, -0.1) is 15.0 Å². The van der Waals surface area contributed by atoms with Crippen molar-refractivity contribution in [3.8, 4) is 0 Å². The molecule has 1 heterocycles. The molecule has 25 heavy (non-hydrogen) atoms. The maximum absolute atomic E-state index is 11.3. The van der Waals surface area contributed by atoms with E-state index in [4.69, 9.17) is 14.2 Å². The minimum atomic E-state index is -0.757. The van der Waals surface area contributed by atoms with Crippen LogP contribution in [0.15, 0.2) is 0 Å². The van der Waals surface area contributed by atoms with E-state index >= 15 is 0 Å². The molecule has 0 spiro atoms. The molecule has 2 rings (SSSR count). The number of hydrogen-bond acceptors (Lipinski definition) is 8. The van der Waals surface area contributed by atoms with Crippen molar-refractivity contribution in [3.63, 3.8) is 0 Å². The zero-order chi connectivity index (χ0) is 18.1. The van der Waals surface area contributed by atoms with Gasteiger partial charge in [-0.2, -0.15) is 0 Å². The molecule has 0 radical (unpaired) electrons. The molecule has 1 aromatic heterocycles. The molecule has 0 saturated heterocycles. The lowest BCUT2D eigenvalue weighted by atomic mass is 9.95. The molecular weight excluding hydrogens is 326 g/mol. The van der Waals surface area contributed by atoms with Gasteiger partial charge in [0.05, 0.1) is 13.2 Å². The maximum atomic E-state index is 11.3. The molecule has 9 heteroatoms. The Kier molecular flexibility index (Phi) is 8.07. The van der Waals surface area contributed by atoms with Crippen molar-refractivity contribution < 1.29 is 19.0 Å². The van der Waals surface area contributed by atoms with E-state index in [-0.39, 0.29) is 19.3 Å². The van der Waals surface area contributed by atoms with E-state index in [9.17, 15) is 4.79 Å². The number of carbonyl (C=O) groups excluding carboxylic acids is 1. The summed E-state index contributed by atoms with van der Waals surface area (Å²) in [5.41, 5.74) is 0. The van der Waals surface area contributed by atoms with Gasteiger partial charge in [0.1, 0.15) is 6.61 Å². The number of hydrogen-bond donors (Lipinski definition) is 1. The third kappa shape index (κ3) is 6.95. The van der Waals surface area contributed by atoms with Gasteiger partial charge in [0.15, 0.2) is 0 Å². The van der Waals surface area contributed by atoms with Gasteiger partial charge in [-0.05, 0) is 38.8 Å². The minimum Gasteiger partial charge on any atom is -0.435 e. The smallest absolute Gasteiger partial charge is 0.435 e. The van der Waals surface area contributed by atoms with E-state index in [1.807, 2.05) is 0 Å². The SMILES string of the molecule is CCOC(=O)O[C@@H](C)n1nnc(COC[C@H](C)NC2CCCCC2)n1. The molecule has 1 aliphatic rings. The van der Waals surface area contributed by atoms with Gasteiger partial charge in [0, 0.05) is 12.1 Å². The summed E-state index contributed by atoms with van der Waals surface area (Å²) in [6, 6.07) is 0.886. The van der Waals surface area contributed by atoms with E-state index in [0.29, 0.717) is 18.5 Å². The molecule has 0 unspecified atom stereocenters. The molecule has 1 aliphatic carbocycles. The highest BCUT2D eigenvalue weighted by Crippen LogP contribution is 2.17. The predicted octanol–water partition coefficient (Wildman–Crippen LogP) is 2.19. The Balaban J connectivity index is 1.67. The highest BCUT2D eigenvalue weighted by molar-refractivity contribution is 5.59. The van der Waals surface area contributed by atoms with Crippen LogP contribution in [0.1, 0.15) is 64.9 Å². The lowest BCUT2D eigenvalue weighted by Gasteiger charge is -2.26. The van der Waals surface area contributed by atoms with Crippen LogP contribution >= 0.6 is 0 Å².